The van der Waals surface area contributed by atoms with E-state index in [2.05, 4.69) is 22.0 Å². The predicted octanol–water partition coefficient (Wildman–Crippen LogP) is 8.15. The van der Waals surface area contributed by atoms with Gasteiger partial charge < -0.3 is 10.5 Å². The second-order valence-electron chi connectivity index (χ2n) is 11.7. The van der Waals surface area contributed by atoms with Gasteiger partial charge in [0.15, 0.2) is 5.78 Å². The SMILES string of the molecule is Cc1cc(COc2ccccc2Br)c(C)c(C2C(C#N)=C(N)N(c3ccc([N+](=O)[O-])cc3Cl)C3=C2C(=O)CC(C)(C)C3)c1. The highest BCUT2D eigenvalue weighted by molar-refractivity contribution is 9.10. The van der Waals surface area contributed by atoms with Crippen molar-refractivity contribution < 1.29 is 14.5 Å². The zero-order valence-corrected chi connectivity index (χ0v) is 26.5. The van der Waals surface area contributed by atoms with E-state index in [0.717, 1.165) is 26.7 Å². The number of nitro groups is 1. The van der Waals surface area contributed by atoms with Crippen LogP contribution in [0, 0.1) is 40.7 Å². The zero-order valence-electron chi connectivity index (χ0n) is 24.2. The van der Waals surface area contributed by atoms with Crippen molar-refractivity contribution in [2.45, 2.75) is 53.1 Å². The molecular formula is C33H30BrClN4O4. The number of ketones is 1. The Hall–Kier alpha value is -4.13. The number of anilines is 1. The van der Waals surface area contributed by atoms with E-state index in [0.29, 0.717) is 35.5 Å². The number of carbonyl (C=O) groups excluding carboxylic acids is 1. The molecule has 43 heavy (non-hydrogen) atoms. The molecule has 0 spiro atoms. The number of benzene rings is 3. The molecule has 2 aliphatic rings. The van der Waals surface area contributed by atoms with E-state index in [4.69, 9.17) is 22.1 Å². The molecule has 10 heteroatoms. The standard InChI is InChI=1S/C33H30BrClN4O4/c1-18-11-20(17-43-29-8-6-5-7-24(29)34)19(2)22(12-18)30-23(16-36)32(37)38(26-10-9-21(39(41)42)13-25(26)35)27-14-33(3,4)15-28(40)31(27)30/h5-13,30H,14-15,17,37H2,1-4H3. The lowest BCUT2D eigenvalue weighted by Gasteiger charge is -2.44. The largest absolute Gasteiger partial charge is 0.488 e. The Bertz CT molecular complexity index is 1790. The molecule has 220 valence electrons. The van der Waals surface area contributed by atoms with E-state index in [9.17, 15) is 20.2 Å². The van der Waals surface area contributed by atoms with Crippen LogP contribution in [0.4, 0.5) is 11.4 Å². The number of allylic oxidation sites excluding steroid dienone is 3. The summed E-state index contributed by atoms with van der Waals surface area (Å²) in [6.07, 6.45) is 0.784. The maximum absolute atomic E-state index is 14.0. The van der Waals surface area contributed by atoms with Crippen LogP contribution in [0.3, 0.4) is 0 Å². The summed E-state index contributed by atoms with van der Waals surface area (Å²) in [5, 5.41) is 22.0. The molecule has 1 heterocycles. The third kappa shape index (κ3) is 5.65. The monoisotopic (exact) mass is 660 g/mol. The number of nitriles is 1. The molecule has 5 rings (SSSR count). The third-order valence-corrected chi connectivity index (χ3v) is 8.95. The molecule has 0 fully saturated rings. The van der Waals surface area contributed by atoms with Gasteiger partial charge in [-0.25, -0.2) is 0 Å². The van der Waals surface area contributed by atoms with Crippen LogP contribution in [0.1, 0.15) is 54.9 Å². The van der Waals surface area contributed by atoms with E-state index in [1.54, 1.807) is 4.90 Å². The van der Waals surface area contributed by atoms with Gasteiger partial charge in [-0.3, -0.25) is 19.8 Å². The molecule has 0 radical (unpaired) electrons. The van der Waals surface area contributed by atoms with Gasteiger partial charge in [-0.05, 0) is 76.5 Å². The van der Waals surface area contributed by atoms with E-state index >= 15 is 0 Å². The lowest BCUT2D eigenvalue weighted by molar-refractivity contribution is -0.384. The van der Waals surface area contributed by atoms with Gasteiger partial charge in [0.05, 0.1) is 37.7 Å². The minimum absolute atomic E-state index is 0.0774. The van der Waals surface area contributed by atoms with Crippen molar-refractivity contribution in [1.29, 1.82) is 5.26 Å². The summed E-state index contributed by atoms with van der Waals surface area (Å²) in [6, 6.07) is 18.0. The number of non-ortho nitro benzene ring substituents is 1. The Balaban J connectivity index is 1.69. The molecule has 0 saturated heterocycles. The Labute approximate surface area is 263 Å². The van der Waals surface area contributed by atoms with Crippen LogP contribution in [-0.2, 0) is 11.4 Å². The minimum Gasteiger partial charge on any atom is -0.488 e. The zero-order chi connectivity index (χ0) is 31.2. The number of hydrogen-bond donors (Lipinski definition) is 1. The summed E-state index contributed by atoms with van der Waals surface area (Å²) in [5.74, 6) is 0.0689. The molecular weight excluding hydrogens is 632 g/mol. The number of Topliss-reactive ketones (excluding diaryl/α,β-unsaturated/α-hetero) is 1. The number of ether oxygens (including phenoxy) is 1. The molecule has 1 unspecified atom stereocenters. The maximum atomic E-state index is 14.0. The van der Waals surface area contributed by atoms with Crippen LogP contribution in [0.15, 0.2) is 81.7 Å². The Morgan fingerprint density at radius 2 is 1.91 bits per heavy atom. The fourth-order valence-electron chi connectivity index (χ4n) is 6.02. The number of halogens is 2. The third-order valence-electron chi connectivity index (χ3n) is 7.99. The first-order valence-electron chi connectivity index (χ1n) is 13.7. The Kier molecular flexibility index (Phi) is 8.12. The molecule has 0 saturated carbocycles. The number of para-hydroxylation sites is 1. The van der Waals surface area contributed by atoms with Crippen LogP contribution < -0.4 is 15.4 Å². The molecule has 0 bridgehead atoms. The van der Waals surface area contributed by atoms with Gasteiger partial charge in [-0.1, -0.05) is 55.3 Å². The molecule has 8 nitrogen and oxygen atoms in total. The van der Waals surface area contributed by atoms with Crippen molar-refractivity contribution in [3.63, 3.8) is 0 Å². The number of nitro benzene ring substituents is 1. The molecule has 0 amide bonds. The van der Waals surface area contributed by atoms with Crippen LogP contribution in [0.2, 0.25) is 5.02 Å². The molecule has 0 aromatic heterocycles. The quantitative estimate of drug-likeness (QED) is 0.209. The Morgan fingerprint density at radius 1 is 1.19 bits per heavy atom. The molecule has 2 N–H and O–H groups in total. The van der Waals surface area contributed by atoms with Crippen molar-refractivity contribution in [1.82, 2.24) is 0 Å². The number of rotatable bonds is 6. The topological polar surface area (TPSA) is 122 Å². The first-order chi connectivity index (χ1) is 20.3. The normalized spacial score (nSPS) is 17.9. The first-order valence-corrected chi connectivity index (χ1v) is 14.9. The van der Waals surface area contributed by atoms with Gasteiger partial charge in [-0.15, -0.1) is 0 Å². The lowest BCUT2D eigenvalue weighted by atomic mass is 9.68. The van der Waals surface area contributed by atoms with Crippen molar-refractivity contribution in [2.75, 3.05) is 4.90 Å². The van der Waals surface area contributed by atoms with E-state index in [1.807, 2.05) is 64.1 Å². The van der Waals surface area contributed by atoms with Gasteiger partial charge >= 0.3 is 0 Å². The van der Waals surface area contributed by atoms with Crippen molar-refractivity contribution in [3.8, 4) is 11.8 Å². The Morgan fingerprint density at radius 3 is 2.56 bits per heavy atom. The second kappa shape index (κ2) is 11.5. The number of aryl methyl sites for hydroxylation is 1. The average molecular weight is 662 g/mol. The summed E-state index contributed by atoms with van der Waals surface area (Å²) in [6.45, 7) is 8.24. The smallest absolute Gasteiger partial charge is 0.271 e. The predicted molar refractivity (Wildman–Crippen MR) is 170 cm³/mol. The maximum Gasteiger partial charge on any atom is 0.271 e. The minimum atomic E-state index is -0.696. The highest BCUT2D eigenvalue weighted by Gasteiger charge is 2.45. The van der Waals surface area contributed by atoms with Gasteiger partial charge in [0.2, 0.25) is 0 Å². The van der Waals surface area contributed by atoms with Crippen LogP contribution in [0.25, 0.3) is 0 Å². The molecule has 1 aliphatic carbocycles. The van der Waals surface area contributed by atoms with Crippen molar-refractivity contribution >= 4 is 44.7 Å². The van der Waals surface area contributed by atoms with Crippen LogP contribution in [-0.4, -0.2) is 10.7 Å². The highest BCUT2D eigenvalue weighted by Crippen LogP contribution is 2.52. The van der Waals surface area contributed by atoms with Gasteiger partial charge in [-0.2, -0.15) is 5.26 Å². The number of nitrogens with zero attached hydrogens (tertiary/aromatic N) is 3. The highest BCUT2D eigenvalue weighted by atomic mass is 79.9. The van der Waals surface area contributed by atoms with E-state index in [1.165, 1.54) is 18.2 Å². The van der Waals surface area contributed by atoms with E-state index < -0.39 is 10.8 Å². The van der Waals surface area contributed by atoms with Gasteiger partial charge in [0.1, 0.15) is 18.2 Å². The van der Waals surface area contributed by atoms with Crippen molar-refractivity contribution in [3.05, 3.63) is 119 Å². The number of nitrogens with two attached hydrogens (primary N) is 1. The second-order valence-corrected chi connectivity index (χ2v) is 13.0. The molecule has 1 aliphatic heterocycles. The fourth-order valence-corrected chi connectivity index (χ4v) is 6.67. The number of hydrogen-bond acceptors (Lipinski definition) is 7. The fraction of sp³-hybridized carbons (Fsp3) is 0.273. The van der Waals surface area contributed by atoms with Gasteiger partial charge in [0, 0.05) is 29.8 Å². The molecule has 3 aromatic rings. The molecule has 1 atom stereocenters. The van der Waals surface area contributed by atoms with E-state index in [-0.39, 0.29) is 39.9 Å². The summed E-state index contributed by atoms with van der Waals surface area (Å²) in [5.41, 5.74) is 11.5. The summed E-state index contributed by atoms with van der Waals surface area (Å²) < 4.78 is 6.98. The van der Waals surface area contributed by atoms with Crippen LogP contribution >= 0.6 is 27.5 Å². The van der Waals surface area contributed by atoms with Crippen LogP contribution in [0.5, 0.6) is 5.75 Å². The van der Waals surface area contributed by atoms with Crippen molar-refractivity contribution in [2.24, 2.45) is 11.1 Å². The number of carbonyl (C=O) groups is 1. The first kappa shape index (κ1) is 30.3. The summed E-state index contributed by atoms with van der Waals surface area (Å²) >= 11 is 10.1. The van der Waals surface area contributed by atoms with Gasteiger partial charge in [0.25, 0.3) is 5.69 Å². The molecule has 3 aromatic carbocycles. The summed E-state index contributed by atoms with van der Waals surface area (Å²) in [7, 11) is 0. The lowest BCUT2D eigenvalue weighted by Crippen LogP contribution is -2.42. The summed E-state index contributed by atoms with van der Waals surface area (Å²) in [4.78, 5) is 26.5. The average Bonchev–Trinajstić information content (AvgIpc) is 2.93.